The van der Waals surface area contributed by atoms with Gasteiger partial charge in [0.05, 0.1) is 0 Å². The third kappa shape index (κ3) is 4.10. The fourth-order valence-electron chi connectivity index (χ4n) is 2.49. The first kappa shape index (κ1) is 16.9. The molecule has 1 heterocycles. The minimum atomic E-state index is -1.04. The van der Waals surface area contributed by atoms with Crippen molar-refractivity contribution in [1.82, 2.24) is 9.55 Å². The average molecular weight is 339 g/mol. The first-order valence-corrected chi connectivity index (χ1v) is 7.84. The number of imidazole rings is 1. The molecule has 3 rings (SSSR count). The topological polar surface area (TPSA) is 67.2 Å². The maximum atomic E-state index is 13.0. The predicted octanol–water partition coefficient (Wildman–Crippen LogP) is 3.05. The molecule has 0 bridgehead atoms. The first-order chi connectivity index (χ1) is 12.0. The quantitative estimate of drug-likeness (QED) is 0.751. The Hall–Kier alpha value is -2.99. The van der Waals surface area contributed by atoms with Crippen molar-refractivity contribution in [3.8, 4) is 0 Å². The van der Waals surface area contributed by atoms with Crippen molar-refractivity contribution in [1.29, 1.82) is 0 Å². The lowest BCUT2D eigenvalue weighted by Crippen LogP contribution is -2.21. The Balaban J connectivity index is 1.71. The van der Waals surface area contributed by atoms with Crippen LogP contribution in [0.2, 0.25) is 0 Å². The van der Waals surface area contributed by atoms with Gasteiger partial charge in [-0.3, -0.25) is 4.79 Å². The van der Waals surface area contributed by atoms with Gasteiger partial charge >= 0.3 is 0 Å². The number of nitrogens with zero attached hydrogens (tertiary/aromatic N) is 2. The van der Waals surface area contributed by atoms with Crippen LogP contribution in [-0.4, -0.2) is 20.6 Å². The van der Waals surface area contributed by atoms with Crippen LogP contribution >= 0.6 is 0 Å². The van der Waals surface area contributed by atoms with Gasteiger partial charge in [-0.2, -0.15) is 0 Å². The summed E-state index contributed by atoms with van der Waals surface area (Å²) in [5.74, 6) is -0.281. The zero-order chi connectivity index (χ0) is 17.8. The van der Waals surface area contributed by atoms with Crippen LogP contribution in [0.1, 0.15) is 23.1 Å². The van der Waals surface area contributed by atoms with Crippen LogP contribution in [0, 0.1) is 12.7 Å². The number of rotatable bonds is 5. The van der Waals surface area contributed by atoms with E-state index in [4.69, 9.17) is 0 Å². The molecule has 1 amide bonds. The lowest BCUT2D eigenvalue weighted by Gasteiger charge is -2.14. The summed E-state index contributed by atoms with van der Waals surface area (Å²) in [6.45, 7) is 1.99. The van der Waals surface area contributed by atoms with Gasteiger partial charge in [0.15, 0.2) is 0 Å². The van der Waals surface area contributed by atoms with E-state index in [0.29, 0.717) is 17.1 Å². The van der Waals surface area contributed by atoms with Crippen molar-refractivity contribution in [2.75, 3.05) is 5.32 Å². The molecule has 2 aromatic carbocycles. The molecule has 0 radical (unpaired) electrons. The van der Waals surface area contributed by atoms with Crippen LogP contribution < -0.4 is 5.32 Å². The fraction of sp³-hybridized carbons (Fsp3) is 0.158. The fourth-order valence-corrected chi connectivity index (χ4v) is 2.49. The second kappa shape index (κ2) is 7.27. The second-order valence-electron chi connectivity index (χ2n) is 5.78. The van der Waals surface area contributed by atoms with E-state index in [1.165, 1.54) is 30.5 Å². The van der Waals surface area contributed by atoms with E-state index >= 15 is 0 Å². The van der Waals surface area contributed by atoms with Crippen LogP contribution in [-0.2, 0) is 11.3 Å². The second-order valence-corrected chi connectivity index (χ2v) is 5.78. The molecule has 0 aliphatic heterocycles. The summed E-state index contributed by atoms with van der Waals surface area (Å²) < 4.78 is 14.6. The van der Waals surface area contributed by atoms with Gasteiger partial charge in [0, 0.05) is 18.1 Å². The first-order valence-electron chi connectivity index (χ1n) is 7.84. The van der Waals surface area contributed by atoms with Crippen LogP contribution in [0.4, 0.5) is 10.1 Å². The Kier molecular flexibility index (Phi) is 4.90. The maximum absolute atomic E-state index is 13.0. The molecule has 6 heteroatoms. The lowest BCUT2D eigenvalue weighted by molar-refractivity contribution is -0.116. The highest BCUT2D eigenvalue weighted by atomic mass is 19.1. The molecule has 2 N–H and O–H groups in total. The Morgan fingerprint density at radius 1 is 1.20 bits per heavy atom. The summed E-state index contributed by atoms with van der Waals surface area (Å²) >= 11 is 0. The molecular formula is C19H18FN3O2. The molecule has 5 nitrogen and oxygen atoms in total. The summed E-state index contributed by atoms with van der Waals surface area (Å²) in [5.41, 5.74) is 2.32. The van der Waals surface area contributed by atoms with E-state index < -0.39 is 6.10 Å². The van der Waals surface area contributed by atoms with E-state index in [-0.39, 0.29) is 18.3 Å². The molecule has 0 saturated carbocycles. The number of nitrogens with one attached hydrogen (secondary N) is 1. The Morgan fingerprint density at radius 2 is 1.88 bits per heavy atom. The Labute approximate surface area is 144 Å². The number of aryl methyl sites for hydroxylation is 1. The molecule has 1 atom stereocenters. The third-order valence-corrected chi connectivity index (χ3v) is 3.83. The van der Waals surface area contributed by atoms with Crippen molar-refractivity contribution in [3.05, 3.63) is 83.7 Å². The highest BCUT2D eigenvalue weighted by Crippen LogP contribution is 2.21. The number of aliphatic hydroxyl groups is 1. The lowest BCUT2D eigenvalue weighted by atomic mass is 10.1. The van der Waals surface area contributed by atoms with Gasteiger partial charge in [-0.05, 0) is 36.8 Å². The van der Waals surface area contributed by atoms with Gasteiger partial charge in [0.2, 0.25) is 5.91 Å². The Morgan fingerprint density at radius 3 is 2.56 bits per heavy atom. The number of aromatic nitrogens is 2. The van der Waals surface area contributed by atoms with Crippen LogP contribution in [0.15, 0.2) is 60.9 Å². The molecule has 0 fully saturated rings. The molecular weight excluding hydrogens is 321 g/mol. The molecule has 128 valence electrons. The summed E-state index contributed by atoms with van der Waals surface area (Å²) in [6, 6.07) is 13.0. The number of anilines is 1. The number of hydrogen-bond donors (Lipinski definition) is 2. The van der Waals surface area contributed by atoms with E-state index in [9.17, 15) is 14.3 Å². The predicted molar refractivity (Wildman–Crippen MR) is 92.5 cm³/mol. The zero-order valence-electron chi connectivity index (χ0n) is 13.7. The zero-order valence-corrected chi connectivity index (χ0v) is 13.7. The van der Waals surface area contributed by atoms with Gasteiger partial charge in [-0.25, -0.2) is 9.37 Å². The summed E-state index contributed by atoms with van der Waals surface area (Å²) in [5, 5.41) is 13.3. The number of benzene rings is 2. The van der Waals surface area contributed by atoms with Crippen LogP contribution in [0.3, 0.4) is 0 Å². The van der Waals surface area contributed by atoms with E-state index in [0.717, 1.165) is 5.56 Å². The number of carbonyl (C=O) groups excluding carboxylic acids is 1. The van der Waals surface area contributed by atoms with Crippen molar-refractivity contribution in [2.24, 2.45) is 0 Å². The van der Waals surface area contributed by atoms with Gasteiger partial charge in [0.1, 0.15) is 24.3 Å². The van der Waals surface area contributed by atoms with Gasteiger partial charge < -0.3 is 15.0 Å². The van der Waals surface area contributed by atoms with Crippen LogP contribution in [0.25, 0.3) is 0 Å². The molecule has 0 saturated heterocycles. The van der Waals surface area contributed by atoms with E-state index in [1.807, 2.05) is 31.2 Å². The standard InChI is InChI=1S/C19H18FN3O2/c1-13-2-8-16(9-3-13)22-17(24)12-23-11-10-21-19(23)18(25)14-4-6-15(20)7-5-14/h2-11,18,25H,12H2,1H3,(H,22,24)/t18-/m0/s1. The third-order valence-electron chi connectivity index (χ3n) is 3.83. The number of hydrogen-bond acceptors (Lipinski definition) is 3. The molecule has 3 aromatic rings. The van der Waals surface area contributed by atoms with Gasteiger partial charge in [-0.15, -0.1) is 0 Å². The van der Waals surface area contributed by atoms with Crippen molar-refractivity contribution >= 4 is 11.6 Å². The van der Waals surface area contributed by atoms with Gasteiger partial charge in [0.25, 0.3) is 0 Å². The monoisotopic (exact) mass is 339 g/mol. The van der Waals surface area contributed by atoms with Crippen LogP contribution in [0.5, 0.6) is 0 Å². The van der Waals surface area contributed by atoms with E-state index in [1.54, 1.807) is 10.8 Å². The van der Waals surface area contributed by atoms with Crippen molar-refractivity contribution < 1.29 is 14.3 Å². The minimum absolute atomic E-state index is 0.0153. The molecule has 1 aromatic heterocycles. The Bertz CT molecular complexity index is 857. The largest absolute Gasteiger partial charge is 0.380 e. The molecule has 0 unspecified atom stereocenters. The summed E-state index contributed by atoms with van der Waals surface area (Å²) in [4.78, 5) is 16.4. The summed E-state index contributed by atoms with van der Waals surface area (Å²) in [7, 11) is 0. The van der Waals surface area contributed by atoms with Crippen molar-refractivity contribution in [3.63, 3.8) is 0 Å². The van der Waals surface area contributed by atoms with Crippen molar-refractivity contribution in [2.45, 2.75) is 19.6 Å². The molecule has 0 spiro atoms. The average Bonchev–Trinajstić information content (AvgIpc) is 3.05. The minimum Gasteiger partial charge on any atom is -0.380 e. The molecule has 25 heavy (non-hydrogen) atoms. The number of carbonyl (C=O) groups is 1. The number of halogens is 1. The normalized spacial score (nSPS) is 12.0. The highest BCUT2D eigenvalue weighted by molar-refractivity contribution is 5.90. The number of aliphatic hydroxyl groups excluding tert-OH is 1. The highest BCUT2D eigenvalue weighted by Gasteiger charge is 2.17. The maximum Gasteiger partial charge on any atom is 0.244 e. The van der Waals surface area contributed by atoms with Gasteiger partial charge in [-0.1, -0.05) is 29.8 Å². The smallest absolute Gasteiger partial charge is 0.244 e. The molecule has 0 aliphatic rings. The number of amides is 1. The van der Waals surface area contributed by atoms with E-state index in [2.05, 4.69) is 10.3 Å². The molecule has 0 aliphatic carbocycles. The SMILES string of the molecule is Cc1ccc(NC(=O)Cn2ccnc2[C@@H](O)c2ccc(F)cc2)cc1. The summed E-state index contributed by atoms with van der Waals surface area (Å²) in [6.07, 6.45) is 2.10.